The molecule has 0 saturated heterocycles. The van der Waals surface area contributed by atoms with Crippen LogP contribution in [0.25, 0.3) is 0 Å². The highest BCUT2D eigenvalue weighted by molar-refractivity contribution is 5.53. The lowest BCUT2D eigenvalue weighted by Gasteiger charge is -2.15. The number of aryl methyl sites for hydroxylation is 1. The average Bonchev–Trinajstić information content (AvgIpc) is 2.63. The van der Waals surface area contributed by atoms with Gasteiger partial charge < -0.3 is 25.8 Å². The fourth-order valence-electron chi connectivity index (χ4n) is 2.90. The number of unbranched alkanes of at least 4 members (excludes halogenated alkanes) is 1. The van der Waals surface area contributed by atoms with Crippen LogP contribution in [0.2, 0.25) is 0 Å². The molecule has 4 N–H and O–H groups in total. The van der Waals surface area contributed by atoms with Crippen molar-refractivity contribution >= 4 is 11.8 Å². The maximum absolute atomic E-state index is 10.5. The molecule has 0 aliphatic heterocycles. The normalized spacial score (nSPS) is 11.0. The van der Waals surface area contributed by atoms with Gasteiger partial charge in [0, 0.05) is 36.8 Å². The first-order valence-corrected chi connectivity index (χ1v) is 9.87. The van der Waals surface area contributed by atoms with Crippen LogP contribution in [-0.2, 0) is 6.42 Å². The Morgan fingerprint density at radius 1 is 1.21 bits per heavy atom. The summed E-state index contributed by atoms with van der Waals surface area (Å²) < 4.78 is 5.73. The van der Waals surface area contributed by atoms with E-state index >= 15 is 0 Å². The zero-order chi connectivity index (χ0) is 20.5. The van der Waals surface area contributed by atoms with Crippen LogP contribution >= 0.6 is 0 Å². The van der Waals surface area contributed by atoms with Crippen molar-refractivity contribution in [2.45, 2.75) is 39.5 Å². The van der Waals surface area contributed by atoms with E-state index in [-0.39, 0.29) is 11.7 Å². The second-order valence-corrected chi connectivity index (χ2v) is 7.25. The Bertz CT molecular complexity index is 765. The predicted octanol–water partition coefficient (Wildman–Crippen LogP) is 3.21. The van der Waals surface area contributed by atoms with Crippen molar-refractivity contribution < 1.29 is 9.84 Å². The van der Waals surface area contributed by atoms with Crippen LogP contribution in [-0.4, -0.2) is 53.8 Å². The zero-order valence-electron chi connectivity index (χ0n) is 17.5. The van der Waals surface area contributed by atoms with Gasteiger partial charge >= 0.3 is 0 Å². The Morgan fingerprint density at radius 2 is 2.00 bits per heavy atom. The molecule has 1 aromatic heterocycles. The Labute approximate surface area is 167 Å². The van der Waals surface area contributed by atoms with Crippen molar-refractivity contribution in [2.75, 3.05) is 44.8 Å². The molecule has 0 spiro atoms. The van der Waals surface area contributed by atoms with E-state index in [9.17, 15) is 5.11 Å². The molecule has 2 aromatic rings. The molecule has 0 unspecified atom stereocenters. The van der Waals surface area contributed by atoms with Crippen molar-refractivity contribution in [3.05, 3.63) is 35.0 Å². The fourth-order valence-corrected chi connectivity index (χ4v) is 2.90. The van der Waals surface area contributed by atoms with Crippen molar-refractivity contribution in [1.82, 2.24) is 14.9 Å². The summed E-state index contributed by atoms with van der Waals surface area (Å²) in [7, 11) is 4.07. The van der Waals surface area contributed by atoms with E-state index in [1.807, 2.05) is 33.2 Å². The summed E-state index contributed by atoms with van der Waals surface area (Å²) >= 11 is 0. The number of hydrogen-bond acceptors (Lipinski definition) is 7. The molecule has 0 atom stereocenters. The van der Waals surface area contributed by atoms with Crippen molar-refractivity contribution in [2.24, 2.45) is 0 Å². The van der Waals surface area contributed by atoms with E-state index in [1.165, 1.54) is 0 Å². The highest BCUT2D eigenvalue weighted by Crippen LogP contribution is 2.29. The van der Waals surface area contributed by atoms with Gasteiger partial charge in [-0.3, -0.25) is 0 Å². The largest absolute Gasteiger partial charge is 0.508 e. The van der Waals surface area contributed by atoms with Gasteiger partial charge in [0.15, 0.2) is 0 Å². The minimum Gasteiger partial charge on any atom is -0.508 e. The van der Waals surface area contributed by atoms with Gasteiger partial charge in [-0.2, -0.15) is 4.98 Å². The fraction of sp³-hybridized carbons (Fsp3) is 0.524. The molecular weight excluding hydrogens is 354 g/mol. The number of phenols is 1. The molecule has 0 amide bonds. The number of ether oxygens (including phenoxy) is 1. The highest BCUT2D eigenvalue weighted by atomic mass is 16.5. The summed E-state index contributed by atoms with van der Waals surface area (Å²) in [4.78, 5) is 10.8. The molecule has 1 aromatic carbocycles. The van der Waals surface area contributed by atoms with E-state index in [1.54, 1.807) is 6.07 Å². The summed E-state index contributed by atoms with van der Waals surface area (Å²) in [6.07, 6.45) is 3.60. The number of hydrogen-bond donors (Lipinski definition) is 3. The molecular formula is C21H33N5O2. The van der Waals surface area contributed by atoms with Crippen LogP contribution in [0, 0.1) is 6.92 Å². The van der Waals surface area contributed by atoms with Gasteiger partial charge in [-0.1, -0.05) is 19.4 Å². The number of rotatable bonds is 11. The first kappa shape index (κ1) is 21.8. The number of aromatic nitrogens is 2. The lowest BCUT2D eigenvalue weighted by Crippen LogP contribution is -2.15. The Hall–Kier alpha value is -2.54. The number of phenolic OH excluding ortho intramolecular Hbond substituents is 1. The summed E-state index contributed by atoms with van der Waals surface area (Å²) in [5.41, 5.74) is 8.38. The molecule has 28 heavy (non-hydrogen) atoms. The summed E-state index contributed by atoms with van der Waals surface area (Å²) in [6, 6.07) is 5.45. The van der Waals surface area contributed by atoms with Crippen molar-refractivity contribution in [1.29, 1.82) is 0 Å². The molecule has 0 aliphatic carbocycles. The van der Waals surface area contributed by atoms with Crippen molar-refractivity contribution in [3.63, 3.8) is 0 Å². The van der Waals surface area contributed by atoms with Gasteiger partial charge in [0.05, 0.1) is 6.61 Å². The van der Waals surface area contributed by atoms with Gasteiger partial charge in [-0.25, -0.2) is 4.98 Å². The lowest BCUT2D eigenvalue weighted by molar-refractivity contribution is 0.280. The third-order valence-electron chi connectivity index (χ3n) is 4.50. The number of nitrogens with one attached hydrogen (secondary N) is 1. The van der Waals surface area contributed by atoms with Crippen LogP contribution in [0.1, 0.15) is 43.0 Å². The molecule has 0 fully saturated rings. The number of aromatic hydroxyl groups is 1. The summed E-state index contributed by atoms with van der Waals surface area (Å²) in [5.74, 6) is 1.88. The summed E-state index contributed by atoms with van der Waals surface area (Å²) in [6.45, 7) is 6.47. The molecule has 0 radical (unpaired) electrons. The molecule has 0 aliphatic rings. The van der Waals surface area contributed by atoms with Gasteiger partial charge in [0.1, 0.15) is 17.3 Å². The maximum atomic E-state index is 10.5. The van der Waals surface area contributed by atoms with Gasteiger partial charge in [0.2, 0.25) is 5.95 Å². The van der Waals surface area contributed by atoms with Crippen LogP contribution in [0.4, 0.5) is 11.8 Å². The standard InChI is InChI=1S/C21H33N5O2/c1-5-6-10-23-20-18(15(2)24-21(22)25-20)13-16-8-9-17(14-19(16)27)28-12-7-11-26(3)4/h8-9,14,27H,5-7,10-13H2,1-4H3,(H3,22,23,24,25). The van der Waals surface area contributed by atoms with E-state index in [0.29, 0.717) is 18.8 Å². The average molecular weight is 388 g/mol. The quantitative estimate of drug-likeness (QED) is 0.509. The van der Waals surface area contributed by atoms with E-state index < -0.39 is 0 Å². The minimum absolute atomic E-state index is 0.209. The minimum atomic E-state index is 0.209. The van der Waals surface area contributed by atoms with Crippen LogP contribution in [0.3, 0.4) is 0 Å². The van der Waals surface area contributed by atoms with Gasteiger partial charge in [-0.15, -0.1) is 0 Å². The Balaban J connectivity index is 2.10. The Kier molecular flexibility index (Phi) is 8.32. The molecule has 2 rings (SSSR count). The molecule has 7 nitrogen and oxygen atoms in total. The van der Waals surface area contributed by atoms with E-state index in [4.69, 9.17) is 10.5 Å². The third-order valence-corrected chi connectivity index (χ3v) is 4.50. The molecule has 1 heterocycles. The molecule has 0 saturated carbocycles. The number of nitrogen functional groups attached to an aromatic ring is 1. The maximum Gasteiger partial charge on any atom is 0.222 e. The van der Waals surface area contributed by atoms with E-state index in [2.05, 4.69) is 27.1 Å². The second-order valence-electron chi connectivity index (χ2n) is 7.25. The topological polar surface area (TPSA) is 96.5 Å². The molecule has 0 bridgehead atoms. The highest BCUT2D eigenvalue weighted by Gasteiger charge is 2.14. The van der Waals surface area contributed by atoms with Crippen LogP contribution < -0.4 is 15.8 Å². The number of benzene rings is 1. The van der Waals surface area contributed by atoms with Gasteiger partial charge in [0.25, 0.3) is 0 Å². The van der Waals surface area contributed by atoms with Crippen LogP contribution in [0.5, 0.6) is 11.5 Å². The molecule has 154 valence electrons. The first-order chi connectivity index (χ1) is 13.4. The predicted molar refractivity (Wildman–Crippen MR) is 114 cm³/mol. The second kappa shape index (κ2) is 10.7. The number of nitrogens with two attached hydrogens (primary N) is 1. The smallest absolute Gasteiger partial charge is 0.222 e. The third kappa shape index (κ3) is 6.56. The van der Waals surface area contributed by atoms with E-state index in [0.717, 1.165) is 55.0 Å². The SMILES string of the molecule is CCCCNc1nc(N)nc(C)c1Cc1ccc(OCCCN(C)C)cc1O. The zero-order valence-corrected chi connectivity index (χ0v) is 17.5. The first-order valence-electron chi connectivity index (χ1n) is 9.87. The Morgan fingerprint density at radius 3 is 2.68 bits per heavy atom. The summed E-state index contributed by atoms with van der Waals surface area (Å²) in [5, 5.41) is 13.8. The van der Waals surface area contributed by atoms with Crippen molar-refractivity contribution in [3.8, 4) is 11.5 Å². The van der Waals surface area contributed by atoms with Gasteiger partial charge in [-0.05, 0) is 45.5 Å². The number of nitrogens with zero attached hydrogens (tertiary/aromatic N) is 3. The molecule has 7 heteroatoms. The number of anilines is 2. The lowest BCUT2D eigenvalue weighted by atomic mass is 10.0. The van der Waals surface area contributed by atoms with Crippen LogP contribution in [0.15, 0.2) is 18.2 Å². The monoisotopic (exact) mass is 387 g/mol.